The van der Waals surface area contributed by atoms with Gasteiger partial charge in [-0.3, -0.25) is 4.79 Å². The zero-order chi connectivity index (χ0) is 14.5. The summed E-state index contributed by atoms with van der Waals surface area (Å²) >= 11 is 0. The minimum absolute atomic E-state index is 0.0246. The third kappa shape index (κ3) is 4.02. The summed E-state index contributed by atoms with van der Waals surface area (Å²) in [5.74, 6) is -0.0810. The Morgan fingerprint density at radius 1 is 1.50 bits per heavy atom. The number of aliphatic hydroxyl groups is 1. The number of hydrogen-bond acceptors (Lipinski definition) is 5. The van der Waals surface area contributed by atoms with Gasteiger partial charge < -0.3 is 20.5 Å². The van der Waals surface area contributed by atoms with E-state index in [0.717, 1.165) is 25.7 Å². The highest BCUT2D eigenvalue weighted by Crippen LogP contribution is 2.23. The second-order valence-corrected chi connectivity index (χ2v) is 5.11. The number of amides is 1. The smallest absolute Gasteiger partial charge is 0.389 e. The van der Waals surface area contributed by atoms with Crippen LogP contribution in [0.4, 0.5) is 5.82 Å². The average molecular weight is 282 g/mol. The summed E-state index contributed by atoms with van der Waals surface area (Å²) in [5, 5.41) is 26.3. The molecule has 0 radical (unpaired) electrons. The minimum atomic E-state index is -0.595. The van der Waals surface area contributed by atoms with E-state index in [4.69, 9.17) is 0 Å². The van der Waals surface area contributed by atoms with Crippen molar-refractivity contribution in [1.82, 2.24) is 15.1 Å². The number of rotatable bonds is 5. The van der Waals surface area contributed by atoms with Crippen molar-refractivity contribution >= 4 is 11.7 Å². The van der Waals surface area contributed by atoms with Gasteiger partial charge in [0.15, 0.2) is 0 Å². The van der Waals surface area contributed by atoms with Crippen molar-refractivity contribution in [2.24, 2.45) is 5.92 Å². The Balaban J connectivity index is 1.73. The number of carbonyl (C=O) groups is 1. The third-order valence-corrected chi connectivity index (χ3v) is 3.52. The quantitative estimate of drug-likeness (QED) is 0.602. The summed E-state index contributed by atoms with van der Waals surface area (Å²) in [6.45, 7) is 0.554. The molecule has 0 bridgehead atoms. The molecule has 1 heterocycles. The van der Waals surface area contributed by atoms with Crippen LogP contribution in [0.25, 0.3) is 0 Å². The highest BCUT2D eigenvalue weighted by Gasteiger charge is 2.20. The molecular formula is C12H18N4O4. The van der Waals surface area contributed by atoms with Gasteiger partial charge in [0.2, 0.25) is 5.91 Å². The van der Waals surface area contributed by atoms with Crippen molar-refractivity contribution in [2.45, 2.75) is 38.3 Å². The molecule has 1 aliphatic carbocycles. The van der Waals surface area contributed by atoms with Crippen LogP contribution in [0.2, 0.25) is 0 Å². The molecule has 0 atom stereocenters. The van der Waals surface area contributed by atoms with E-state index in [1.807, 2.05) is 0 Å². The number of nitro groups is 1. The molecule has 0 saturated heterocycles. The van der Waals surface area contributed by atoms with Crippen LogP contribution in [0.5, 0.6) is 0 Å². The maximum absolute atomic E-state index is 11.7. The number of carbonyl (C=O) groups excluding carboxylic acids is 1. The van der Waals surface area contributed by atoms with Gasteiger partial charge in [0, 0.05) is 6.54 Å². The second kappa shape index (κ2) is 6.47. The second-order valence-electron chi connectivity index (χ2n) is 5.11. The highest BCUT2D eigenvalue weighted by atomic mass is 16.6. The SMILES string of the molecule is O=C(Cn1ccc([N+](=O)[O-])n1)NCC1CCC(O)CC1. The van der Waals surface area contributed by atoms with Gasteiger partial charge in [0.05, 0.1) is 23.5 Å². The van der Waals surface area contributed by atoms with Gasteiger partial charge in [-0.1, -0.05) is 0 Å². The summed E-state index contributed by atoms with van der Waals surface area (Å²) in [5.41, 5.74) is 0. The van der Waals surface area contributed by atoms with Gasteiger partial charge >= 0.3 is 5.82 Å². The molecule has 0 aliphatic heterocycles. The standard InChI is InChI=1S/C12H18N4O4/c17-10-3-1-9(2-4-10)7-13-12(18)8-15-6-5-11(14-15)16(19)20/h5-6,9-10,17H,1-4,7-8H2,(H,13,18). The van der Waals surface area contributed by atoms with Crippen molar-refractivity contribution in [2.75, 3.05) is 6.54 Å². The number of nitrogens with one attached hydrogen (secondary N) is 1. The lowest BCUT2D eigenvalue weighted by molar-refractivity contribution is -0.389. The molecule has 110 valence electrons. The van der Waals surface area contributed by atoms with E-state index in [1.165, 1.54) is 16.9 Å². The molecule has 2 rings (SSSR count). The van der Waals surface area contributed by atoms with Crippen LogP contribution in [0.15, 0.2) is 12.3 Å². The molecule has 1 aliphatic rings. The number of aromatic nitrogens is 2. The van der Waals surface area contributed by atoms with E-state index >= 15 is 0 Å². The maximum atomic E-state index is 11.7. The molecule has 1 aromatic heterocycles. The molecule has 8 nitrogen and oxygen atoms in total. The molecule has 1 aromatic rings. The summed E-state index contributed by atoms with van der Waals surface area (Å²) in [6, 6.07) is 1.26. The minimum Gasteiger partial charge on any atom is -0.393 e. The van der Waals surface area contributed by atoms with E-state index in [2.05, 4.69) is 10.4 Å². The molecule has 0 spiro atoms. The van der Waals surface area contributed by atoms with Crippen LogP contribution < -0.4 is 5.32 Å². The predicted octanol–water partition coefficient (Wildman–Crippen LogP) is 0.459. The normalized spacial score (nSPS) is 22.4. The van der Waals surface area contributed by atoms with Crippen LogP contribution in [0, 0.1) is 16.0 Å². The number of hydrogen-bond donors (Lipinski definition) is 2. The van der Waals surface area contributed by atoms with Gasteiger partial charge in [0.25, 0.3) is 0 Å². The zero-order valence-electron chi connectivity index (χ0n) is 11.1. The van der Waals surface area contributed by atoms with E-state index in [9.17, 15) is 20.0 Å². The molecule has 2 N–H and O–H groups in total. The number of aliphatic hydroxyl groups excluding tert-OH is 1. The maximum Gasteiger partial charge on any atom is 0.389 e. The van der Waals surface area contributed by atoms with Gasteiger partial charge in [-0.15, -0.1) is 0 Å². The fourth-order valence-electron chi connectivity index (χ4n) is 2.35. The molecule has 0 unspecified atom stereocenters. The van der Waals surface area contributed by atoms with Gasteiger partial charge in [0.1, 0.15) is 6.54 Å². The molecule has 20 heavy (non-hydrogen) atoms. The molecular weight excluding hydrogens is 264 g/mol. The van der Waals surface area contributed by atoms with Gasteiger partial charge in [-0.25, -0.2) is 0 Å². The lowest BCUT2D eigenvalue weighted by Gasteiger charge is -2.25. The third-order valence-electron chi connectivity index (χ3n) is 3.52. The van der Waals surface area contributed by atoms with Crippen LogP contribution in [0.1, 0.15) is 25.7 Å². The lowest BCUT2D eigenvalue weighted by Crippen LogP contribution is -2.34. The summed E-state index contributed by atoms with van der Waals surface area (Å²) in [4.78, 5) is 21.6. The molecule has 0 aromatic carbocycles. The van der Waals surface area contributed by atoms with E-state index in [0.29, 0.717) is 12.5 Å². The first-order chi connectivity index (χ1) is 9.54. The fourth-order valence-corrected chi connectivity index (χ4v) is 2.35. The Kier molecular flexibility index (Phi) is 4.67. The van der Waals surface area contributed by atoms with Gasteiger partial charge in [-0.2, -0.15) is 4.68 Å². The monoisotopic (exact) mass is 282 g/mol. The largest absolute Gasteiger partial charge is 0.393 e. The number of nitrogens with zero attached hydrogens (tertiary/aromatic N) is 3. The van der Waals surface area contributed by atoms with Crippen LogP contribution in [-0.2, 0) is 11.3 Å². The first-order valence-electron chi connectivity index (χ1n) is 6.67. The Morgan fingerprint density at radius 2 is 2.20 bits per heavy atom. The lowest BCUT2D eigenvalue weighted by atomic mass is 9.87. The molecule has 1 saturated carbocycles. The highest BCUT2D eigenvalue weighted by molar-refractivity contribution is 5.75. The molecule has 1 fully saturated rings. The van der Waals surface area contributed by atoms with E-state index in [-0.39, 0.29) is 24.4 Å². The van der Waals surface area contributed by atoms with Crippen molar-refractivity contribution < 1.29 is 14.8 Å². The Bertz CT molecular complexity index is 480. The van der Waals surface area contributed by atoms with E-state index < -0.39 is 4.92 Å². The summed E-state index contributed by atoms with van der Waals surface area (Å²) in [6.07, 6.45) is 4.60. The van der Waals surface area contributed by atoms with Crippen molar-refractivity contribution in [3.05, 3.63) is 22.4 Å². The van der Waals surface area contributed by atoms with Crippen molar-refractivity contribution in [3.63, 3.8) is 0 Å². The topological polar surface area (TPSA) is 110 Å². The first kappa shape index (κ1) is 14.4. The Morgan fingerprint density at radius 3 is 2.80 bits per heavy atom. The van der Waals surface area contributed by atoms with Crippen molar-refractivity contribution in [3.8, 4) is 0 Å². The van der Waals surface area contributed by atoms with Gasteiger partial charge in [-0.05, 0) is 36.5 Å². The van der Waals surface area contributed by atoms with Crippen LogP contribution in [-0.4, -0.2) is 38.4 Å². The summed E-state index contributed by atoms with van der Waals surface area (Å²) in [7, 11) is 0. The molecule has 1 amide bonds. The Labute approximate surface area is 115 Å². The molecule has 8 heteroatoms. The van der Waals surface area contributed by atoms with Crippen LogP contribution >= 0.6 is 0 Å². The summed E-state index contributed by atoms with van der Waals surface area (Å²) < 4.78 is 1.25. The zero-order valence-corrected chi connectivity index (χ0v) is 11.1. The Hall–Kier alpha value is -1.96. The first-order valence-corrected chi connectivity index (χ1v) is 6.67. The van der Waals surface area contributed by atoms with Crippen LogP contribution in [0.3, 0.4) is 0 Å². The van der Waals surface area contributed by atoms with Crippen molar-refractivity contribution in [1.29, 1.82) is 0 Å². The van der Waals surface area contributed by atoms with E-state index in [1.54, 1.807) is 0 Å². The fraction of sp³-hybridized carbons (Fsp3) is 0.667. The average Bonchev–Trinajstić information content (AvgIpc) is 2.87. The predicted molar refractivity (Wildman–Crippen MR) is 69.9 cm³/mol.